The van der Waals surface area contributed by atoms with Crippen molar-refractivity contribution in [3.8, 4) is 0 Å². The summed E-state index contributed by atoms with van der Waals surface area (Å²) in [7, 11) is -1.84. The van der Waals surface area contributed by atoms with Gasteiger partial charge in [0, 0.05) is 45.5 Å². The van der Waals surface area contributed by atoms with Gasteiger partial charge in [-0.05, 0) is 36.8 Å². The van der Waals surface area contributed by atoms with Crippen molar-refractivity contribution in [2.75, 3.05) is 38.1 Å². The quantitative estimate of drug-likeness (QED) is 0.771. The van der Waals surface area contributed by atoms with E-state index in [-0.39, 0.29) is 16.8 Å². The van der Waals surface area contributed by atoms with Gasteiger partial charge in [0.2, 0.25) is 15.9 Å². The molecule has 1 amide bonds. The zero-order valence-corrected chi connectivity index (χ0v) is 17.7. The lowest BCUT2D eigenvalue weighted by molar-refractivity contribution is -0.135. The molecule has 1 aliphatic rings. The molecular formula is C21H28N4O3S. The Balaban J connectivity index is 1.55. The summed E-state index contributed by atoms with van der Waals surface area (Å²) in [5.74, 6) is 0.111. The minimum Gasteiger partial charge on any atom is -0.369 e. The van der Waals surface area contributed by atoms with Crippen LogP contribution in [0.5, 0.6) is 0 Å². The molecule has 1 aliphatic heterocycles. The smallest absolute Gasteiger partial charge is 0.239 e. The second kappa shape index (κ2) is 8.94. The van der Waals surface area contributed by atoms with Gasteiger partial charge in [0.05, 0.1) is 10.9 Å². The Morgan fingerprint density at radius 2 is 1.62 bits per heavy atom. The maximum Gasteiger partial charge on any atom is 0.239 e. The molecule has 0 aromatic heterocycles. The van der Waals surface area contributed by atoms with Gasteiger partial charge in [0.15, 0.2) is 0 Å². The molecule has 3 rings (SSSR count). The first-order valence-electron chi connectivity index (χ1n) is 9.66. The number of piperazine rings is 1. The highest BCUT2D eigenvalue weighted by Crippen LogP contribution is 2.20. The van der Waals surface area contributed by atoms with Crippen LogP contribution < -0.4 is 10.0 Å². The Kier molecular flexibility index (Phi) is 6.56. The number of nitrogens with two attached hydrogens (primary N) is 1. The number of nitrogens with zero attached hydrogens (tertiary/aromatic N) is 3. The first kappa shape index (κ1) is 21.3. The number of hydrogen-bond acceptors (Lipinski definition) is 5. The second-order valence-corrected chi connectivity index (χ2v) is 8.98. The molecule has 1 heterocycles. The maximum absolute atomic E-state index is 12.8. The second-order valence-electron chi connectivity index (χ2n) is 7.42. The maximum atomic E-state index is 12.8. The van der Waals surface area contributed by atoms with E-state index in [0.29, 0.717) is 6.54 Å². The van der Waals surface area contributed by atoms with Crippen molar-refractivity contribution >= 4 is 21.6 Å². The van der Waals surface area contributed by atoms with Crippen LogP contribution in [-0.4, -0.2) is 63.4 Å². The summed E-state index contributed by atoms with van der Waals surface area (Å²) < 4.78 is 22.8. The molecule has 0 radical (unpaired) electrons. The molecule has 2 N–H and O–H groups in total. The highest BCUT2D eigenvalue weighted by Gasteiger charge is 2.27. The Labute approximate surface area is 172 Å². The number of primary sulfonamides is 1. The third-order valence-electron chi connectivity index (χ3n) is 5.39. The van der Waals surface area contributed by atoms with Crippen LogP contribution in [0.3, 0.4) is 0 Å². The van der Waals surface area contributed by atoms with Gasteiger partial charge in [-0.15, -0.1) is 0 Å². The lowest BCUT2D eigenvalue weighted by Gasteiger charge is -2.39. The molecule has 7 nitrogen and oxygen atoms in total. The number of hydrogen-bond donors (Lipinski definition) is 1. The number of amides is 1. The summed E-state index contributed by atoms with van der Waals surface area (Å²) in [5.41, 5.74) is 2.07. The van der Waals surface area contributed by atoms with Gasteiger partial charge < -0.3 is 9.80 Å². The van der Waals surface area contributed by atoms with Gasteiger partial charge in [0.25, 0.3) is 0 Å². The van der Waals surface area contributed by atoms with E-state index in [0.717, 1.165) is 37.4 Å². The molecule has 1 saturated heterocycles. The van der Waals surface area contributed by atoms with E-state index in [1.54, 1.807) is 17.0 Å². The number of rotatable bonds is 6. The zero-order chi connectivity index (χ0) is 21.0. The van der Waals surface area contributed by atoms with Gasteiger partial charge >= 0.3 is 0 Å². The first-order chi connectivity index (χ1) is 13.8. The summed E-state index contributed by atoms with van der Waals surface area (Å²) in [6.07, 6.45) is 0. The highest BCUT2D eigenvalue weighted by atomic mass is 32.2. The molecule has 29 heavy (non-hydrogen) atoms. The lowest BCUT2D eigenvalue weighted by atomic mass is 10.1. The van der Waals surface area contributed by atoms with Gasteiger partial charge in [-0.2, -0.15) is 0 Å². The van der Waals surface area contributed by atoms with Crippen LogP contribution in [0, 0.1) is 0 Å². The van der Waals surface area contributed by atoms with E-state index in [9.17, 15) is 13.2 Å². The number of carbonyl (C=O) groups is 1. The first-order valence-corrected chi connectivity index (χ1v) is 11.2. The number of benzene rings is 2. The molecule has 8 heteroatoms. The van der Waals surface area contributed by atoms with Crippen molar-refractivity contribution in [1.29, 1.82) is 0 Å². The van der Waals surface area contributed by atoms with Crippen LogP contribution >= 0.6 is 0 Å². The van der Waals surface area contributed by atoms with Crippen LogP contribution in [0.1, 0.15) is 12.5 Å². The molecule has 0 spiro atoms. The van der Waals surface area contributed by atoms with Crippen LogP contribution in [0.15, 0.2) is 59.5 Å². The Morgan fingerprint density at radius 3 is 2.17 bits per heavy atom. The van der Waals surface area contributed by atoms with Crippen LogP contribution in [0.25, 0.3) is 0 Å². The number of carbonyl (C=O) groups excluding carboxylic acids is 1. The zero-order valence-electron chi connectivity index (χ0n) is 16.9. The van der Waals surface area contributed by atoms with E-state index in [4.69, 9.17) is 5.14 Å². The van der Waals surface area contributed by atoms with E-state index in [2.05, 4.69) is 9.80 Å². The molecule has 0 bridgehead atoms. The molecule has 2 aromatic carbocycles. The monoisotopic (exact) mass is 416 g/mol. The van der Waals surface area contributed by atoms with Crippen molar-refractivity contribution in [2.24, 2.45) is 5.14 Å². The molecule has 0 aliphatic carbocycles. The van der Waals surface area contributed by atoms with Crippen molar-refractivity contribution < 1.29 is 13.2 Å². The molecule has 1 fully saturated rings. The molecule has 1 atom stereocenters. The molecule has 2 aromatic rings. The topological polar surface area (TPSA) is 86.9 Å². The standard InChI is InChI=1S/C21H28N4O3S/c1-17(21(26)23(2)16-18-6-4-3-5-7-18)24-12-14-25(15-13-24)19-8-10-20(11-9-19)29(22,27)28/h3-11,17H,12-16H2,1-2H3,(H2,22,27,28). The van der Waals surface area contributed by atoms with Crippen molar-refractivity contribution in [1.82, 2.24) is 9.80 Å². The fourth-order valence-corrected chi connectivity index (χ4v) is 4.14. The van der Waals surface area contributed by atoms with Gasteiger partial charge in [-0.3, -0.25) is 9.69 Å². The number of likely N-dealkylation sites (N-methyl/N-ethyl adjacent to an activating group) is 1. The summed E-state index contributed by atoms with van der Waals surface area (Å²) in [4.78, 5) is 19.1. The Hall–Kier alpha value is -2.42. The number of anilines is 1. The van der Waals surface area contributed by atoms with Crippen molar-refractivity contribution in [3.63, 3.8) is 0 Å². The lowest BCUT2D eigenvalue weighted by Crippen LogP contribution is -2.54. The summed E-state index contributed by atoms with van der Waals surface area (Å²) in [5, 5.41) is 5.15. The van der Waals surface area contributed by atoms with E-state index in [1.807, 2.05) is 44.3 Å². The third-order valence-corrected chi connectivity index (χ3v) is 6.32. The summed E-state index contributed by atoms with van der Waals surface area (Å²) in [6.45, 7) is 5.64. The largest absolute Gasteiger partial charge is 0.369 e. The van der Waals surface area contributed by atoms with E-state index in [1.165, 1.54) is 12.1 Å². The summed E-state index contributed by atoms with van der Waals surface area (Å²) in [6, 6.07) is 16.4. The third kappa shape index (κ3) is 5.35. The molecular weight excluding hydrogens is 388 g/mol. The molecule has 0 saturated carbocycles. The van der Waals surface area contributed by atoms with E-state index < -0.39 is 10.0 Å². The predicted molar refractivity (Wildman–Crippen MR) is 114 cm³/mol. The van der Waals surface area contributed by atoms with Gasteiger partial charge in [-0.25, -0.2) is 13.6 Å². The minimum atomic E-state index is -3.68. The van der Waals surface area contributed by atoms with Crippen molar-refractivity contribution in [3.05, 3.63) is 60.2 Å². The molecule has 156 valence electrons. The fourth-order valence-electron chi connectivity index (χ4n) is 3.62. The average molecular weight is 417 g/mol. The highest BCUT2D eigenvalue weighted by molar-refractivity contribution is 7.89. The Bertz CT molecular complexity index is 924. The Morgan fingerprint density at radius 1 is 1.03 bits per heavy atom. The normalized spacial score (nSPS) is 16.4. The fraction of sp³-hybridized carbons (Fsp3) is 0.381. The van der Waals surface area contributed by atoms with Crippen LogP contribution in [0.4, 0.5) is 5.69 Å². The minimum absolute atomic E-state index is 0.111. The van der Waals surface area contributed by atoms with Crippen LogP contribution in [-0.2, 0) is 21.4 Å². The summed E-state index contributed by atoms with van der Waals surface area (Å²) >= 11 is 0. The SMILES string of the molecule is CC(C(=O)N(C)Cc1ccccc1)N1CCN(c2ccc(S(N)(=O)=O)cc2)CC1. The molecule has 1 unspecified atom stereocenters. The average Bonchev–Trinajstić information content (AvgIpc) is 2.73. The van der Waals surface area contributed by atoms with Gasteiger partial charge in [-0.1, -0.05) is 30.3 Å². The van der Waals surface area contributed by atoms with Gasteiger partial charge in [0.1, 0.15) is 0 Å². The van der Waals surface area contributed by atoms with E-state index >= 15 is 0 Å². The number of sulfonamides is 1. The van der Waals surface area contributed by atoms with Crippen LogP contribution in [0.2, 0.25) is 0 Å². The van der Waals surface area contributed by atoms with Crippen molar-refractivity contribution in [2.45, 2.75) is 24.4 Å². The predicted octanol–water partition coefficient (Wildman–Crippen LogP) is 1.50.